The Kier molecular flexibility index (Phi) is 6.56. The number of carbonyl (C=O) groups is 2. The third kappa shape index (κ3) is 4.96. The SMILES string of the molecule is CC(C)n1c(SCC(=O)NNC(=O)c2ccc(Cl)cc2)nc2ccccc2c1=O. The van der Waals surface area contributed by atoms with Crippen molar-refractivity contribution < 1.29 is 9.59 Å². The van der Waals surface area contributed by atoms with E-state index in [0.29, 0.717) is 26.6 Å². The van der Waals surface area contributed by atoms with Crippen molar-refractivity contribution in [3.05, 3.63) is 69.5 Å². The quantitative estimate of drug-likeness (QED) is 0.368. The molecule has 0 unspecified atom stereocenters. The summed E-state index contributed by atoms with van der Waals surface area (Å²) in [5, 5.41) is 1.49. The molecule has 0 bridgehead atoms. The van der Waals surface area contributed by atoms with E-state index in [1.807, 2.05) is 19.9 Å². The first-order valence-corrected chi connectivity index (χ1v) is 10.2. The molecule has 3 rings (SSSR count). The molecule has 0 saturated heterocycles. The summed E-state index contributed by atoms with van der Waals surface area (Å²) >= 11 is 6.92. The fourth-order valence-corrected chi connectivity index (χ4v) is 3.70. The van der Waals surface area contributed by atoms with Crippen LogP contribution in [0.15, 0.2) is 58.5 Å². The van der Waals surface area contributed by atoms with Crippen LogP contribution in [0.3, 0.4) is 0 Å². The van der Waals surface area contributed by atoms with E-state index in [2.05, 4.69) is 15.8 Å². The van der Waals surface area contributed by atoms with Crippen LogP contribution in [0.25, 0.3) is 10.9 Å². The van der Waals surface area contributed by atoms with Gasteiger partial charge in [-0.2, -0.15) is 0 Å². The molecule has 0 aliphatic carbocycles. The van der Waals surface area contributed by atoms with Gasteiger partial charge in [0.2, 0.25) is 5.91 Å². The predicted molar refractivity (Wildman–Crippen MR) is 114 cm³/mol. The summed E-state index contributed by atoms with van der Waals surface area (Å²) in [6, 6.07) is 13.3. The van der Waals surface area contributed by atoms with Crippen molar-refractivity contribution in [2.45, 2.75) is 25.0 Å². The second-order valence-electron chi connectivity index (χ2n) is 6.48. The normalized spacial score (nSPS) is 10.9. The van der Waals surface area contributed by atoms with Gasteiger partial charge in [0.15, 0.2) is 5.16 Å². The molecule has 2 aromatic carbocycles. The fourth-order valence-electron chi connectivity index (χ4n) is 2.65. The number of carbonyl (C=O) groups excluding carboxylic acids is 2. The molecular weight excluding hydrogens is 412 g/mol. The molecule has 1 aromatic heterocycles. The van der Waals surface area contributed by atoms with Gasteiger partial charge in [0.25, 0.3) is 11.5 Å². The van der Waals surface area contributed by atoms with Gasteiger partial charge in [-0.15, -0.1) is 0 Å². The first-order chi connectivity index (χ1) is 13.9. The number of aromatic nitrogens is 2. The van der Waals surface area contributed by atoms with Crippen molar-refractivity contribution in [2.75, 3.05) is 5.75 Å². The van der Waals surface area contributed by atoms with E-state index >= 15 is 0 Å². The standard InChI is InChI=1S/C20H19ClN4O3S/c1-12(2)25-19(28)15-5-3-4-6-16(15)22-20(25)29-11-17(26)23-24-18(27)13-7-9-14(21)10-8-13/h3-10,12H,11H2,1-2H3,(H,23,26)(H,24,27). The number of hydrogen-bond donors (Lipinski definition) is 2. The molecule has 0 radical (unpaired) electrons. The number of hydrazine groups is 1. The molecular formula is C20H19ClN4O3S. The lowest BCUT2D eigenvalue weighted by Gasteiger charge is -2.16. The zero-order valence-corrected chi connectivity index (χ0v) is 17.4. The number of amides is 2. The number of hydrogen-bond acceptors (Lipinski definition) is 5. The molecule has 0 aliphatic heterocycles. The molecule has 29 heavy (non-hydrogen) atoms. The predicted octanol–water partition coefficient (Wildman–Crippen LogP) is 3.18. The molecule has 2 N–H and O–H groups in total. The summed E-state index contributed by atoms with van der Waals surface area (Å²) in [7, 11) is 0. The highest BCUT2D eigenvalue weighted by Crippen LogP contribution is 2.20. The Bertz CT molecular complexity index is 1110. The highest BCUT2D eigenvalue weighted by molar-refractivity contribution is 7.99. The van der Waals surface area contributed by atoms with Crippen molar-refractivity contribution in [1.29, 1.82) is 0 Å². The average molecular weight is 431 g/mol. The minimum Gasteiger partial charge on any atom is -0.285 e. The van der Waals surface area contributed by atoms with E-state index in [-0.39, 0.29) is 17.4 Å². The Labute approximate surface area is 176 Å². The van der Waals surface area contributed by atoms with Gasteiger partial charge in [-0.3, -0.25) is 29.8 Å². The second-order valence-corrected chi connectivity index (χ2v) is 7.86. The highest BCUT2D eigenvalue weighted by Gasteiger charge is 2.15. The molecule has 3 aromatic rings. The van der Waals surface area contributed by atoms with Gasteiger partial charge in [-0.1, -0.05) is 35.5 Å². The topological polar surface area (TPSA) is 93.1 Å². The minimum atomic E-state index is -0.456. The Morgan fingerprint density at radius 2 is 1.79 bits per heavy atom. The van der Waals surface area contributed by atoms with Crippen LogP contribution < -0.4 is 16.4 Å². The summed E-state index contributed by atoms with van der Waals surface area (Å²) in [4.78, 5) is 41.5. The van der Waals surface area contributed by atoms with E-state index in [1.54, 1.807) is 47.0 Å². The van der Waals surface area contributed by atoms with Crippen LogP contribution in [0.5, 0.6) is 0 Å². The number of nitrogens with zero attached hydrogens (tertiary/aromatic N) is 2. The van der Waals surface area contributed by atoms with Crippen molar-refractivity contribution in [1.82, 2.24) is 20.4 Å². The third-order valence-electron chi connectivity index (χ3n) is 4.05. The number of rotatable bonds is 5. The van der Waals surface area contributed by atoms with Crippen LogP contribution in [-0.2, 0) is 4.79 Å². The average Bonchev–Trinajstić information content (AvgIpc) is 2.70. The van der Waals surface area contributed by atoms with E-state index in [9.17, 15) is 14.4 Å². The molecule has 0 aliphatic rings. The van der Waals surface area contributed by atoms with E-state index < -0.39 is 11.8 Å². The van der Waals surface area contributed by atoms with Crippen LogP contribution in [0, 0.1) is 0 Å². The molecule has 0 fully saturated rings. The van der Waals surface area contributed by atoms with Crippen molar-refractivity contribution in [2.24, 2.45) is 0 Å². The Hall–Kier alpha value is -2.84. The number of fused-ring (bicyclic) bond motifs is 1. The summed E-state index contributed by atoms with van der Waals surface area (Å²) in [5.74, 6) is -0.892. The first-order valence-electron chi connectivity index (χ1n) is 8.85. The Morgan fingerprint density at radius 1 is 1.10 bits per heavy atom. The lowest BCUT2D eigenvalue weighted by atomic mass is 10.2. The maximum absolute atomic E-state index is 12.8. The molecule has 0 saturated carbocycles. The Morgan fingerprint density at radius 3 is 2.48 bits per heavy atom. The monoisotopic (exact) mass is 430 g/mol. The zero-order chi connectivity index (χ0) is 21.0. The molecule has 150 valence electrons. The van der Waals surface area contributed by atoms with Gasteiger partial charge in [-0.05, 0) is 50.2 Å². The lowest BCUT2D eigenvalue weighted by molar-refractivity contribution is -0.119. The van der Waals surface area contributed by atoms with Crippen LogP contribution in [0.4, 0.5) is 0 Å². The molecule has 7 nitrogen and oxygen atoms in total. The fraction of sp³-hybridized carbons (Fsp3) is 0.200. The summed E-state index contributed by atoms with van der Waals surface area (Å²) in [6.07, 6.45) is 0. The van der Waals surface area contributed by atoms with Crippen LogP contribution >= 0.6 is 23.4 Å². The van der Waals surface area contributed by atoms with Gasteiger partial charge in [0, 0.05) is 16.6 Å². The number of benzene rings is 2. The van der Waals surface area contributed by atoms with Crippen molar-refractivity contribution in [3.8, 4) is 0 Å². The molecule has 9 heteroatoms. The summed E-state index contributed by atoms with van der Waals surface area (Å²) in [6.45, 7) is 3.77. The number of nitrogens with one attached hydrogen (secondary N) is 2. The van der Waals surface area contributed by atoms with Crippen LogP contribution in [0.2, 0.25) is 5.02 Å². The third-order valence-corrected chi connectivity index (χ3v) is 5.25. The zero-order valence-electron chi connectivity index (χ0n) is 15.8. The number of thioether (sulfide) groups is 1. The van der Waals surface area contributed by atoms with Gasteiger partial charge in [0.05, 0.1) is 16.7 Å². The summed E-state index contributed by atoms with van der Waals surface area (Å²) < 4.78 is 1.56. The lowest BCUT2D eigenvalue weighted by Crippen LogP contribution is -2.42. The van der Waals surface area contributed by atoms with Crippen LogP contribution in [0.1, 0.15) is 30.2 Å². The highest BCUT2D eigenvalue weighted by atomic mass is 35.5. The van der Waals surface area contributed by atoms with Gasteiger partial charge >= 0.3 is 0 Å². The molecule has 0 spiro atoms. The smallest absolute Gasteiger partial charge is 0.269 e. The largest absolute Gasteiger partial charge is 0.285 e. The van der Waals surface area contributed by atoms with Gasteiger partial charge in [-0.25, -0.2) is 4.98 Å². The first kappa shape index (κ1) is 20.9. The van der Waals surface area contributed by atoms with Gasteiger partial charge < -0.3 is 0 Å². The molecule has 0 atom stereocenters. The molecule has 1 heterocycles. The minimum absolute atomic E-state index is 0.0155. The van der Waals surface area contributed by atoms with E-state index in [1.165, 1.54) is 0 Å². The Balaban J connectivity index is 1.67. The van der Waals surface area contributed by atoms with E-state index in [0.717, 1.165) is 11.8 Å². The van der Waals surface area contributed by atoms with E-state index in [4.69, 9.17) is 11.6 Å². The maximum atomic E-state index is 12.8. The van der Waals surface area contributed by atoms with Crippen molar-refractivity contribution in [3.63, 3.8) is 0 Å². The van der Waals surface area contributed by atoms with Gasteiger partial charge in [0.1, 0.15) is 0 Å². The summed E-state index contributed by atoms with van der Waals surface area (Å²) in [5.41, 5.74) is 5.50. The maximum Gasteiger partial charge on any atom is 0.269 e. The number of halogens is 1. The van der Waals surface area contributed by atoms with Crippen LogP contribution in [-0.4, -0.2) is 27.1 Å². The van der Waals surface area contributed by atoms with Crippen molar-refractivity contribution >= 4 is 46.1 Å². The molecule has 2 amide bonds. The number of para-hydroxylation sites is 1. The second kappa shape index (κ2) is 9.11.